The molecule has 0 amide bonds. The summed E-state index contributed by atoms with van der Waals surface area (Å²) in [5.74, 6) is 0.831. The molecule has 0 spiro atoms. The Labute approximate surface area is 113 Å². The molecule has 1 atom stereocenters. The molecule has 1 aliphatic rings. The number of nitrogens with one attached hydrogen (secondary N) is 1. The second-order valence-corrected chi connectivity index (χ2v) is 5.14. The number of aromatic nitrogens is 2. The summed E-state index contributed by atoms with van der Waals surface area (Å²) >= 11 is 5.66. The van der Waals surface area contributed by atoms with E-state index in [4.69, 9.17) is 16.3 Å². The third-order valence-electron chi connectivity index (χ3n) is 3.24. The Morgan fingerprint density at radius 3 is 3.06 bits per heavy atom. The van der Waals surface area contributed by atoms with Crippen molar-refractivity contribution in [3.8, 4) is 0 Å². The predicted molar refractivity (Wildman–Crippen MR) is 71.5 cm³/mol. The molecule has 1 aromatic rings. The lowest BCUT2D eigenvalue weighted by Gasteiger charge is -2.22. The summed E-state index contributed by atoms with van der Waals surface area (Å²) in [5.41, 5.74) is 0.832. The Morgan fingerprint density at radius 1 is 1.39 bits per heavy atom. The molecule has 18 heavy (non-hydrogen) atoms. The van der Waals surface area contributed by atoms with Gasteiger partial charge in [-0.15, -0.1) is 5.10 Å². The van der Waals surface area contributed by atoms with E-state index in [1.165, 1.54) is 32.4 Å². The van der Waals surface area contributed by atoms with E-state index in [2.05, 4.69) is 15.5 Å². The molecule has 1 aromatic heterocycles. The molecule has 0 saturated carbocycles. The number of halogens is 1. The largest absolute Gasteiger partial charge is 0.375 e. The van der Waals surface area contributed by atoms with Crippen molar-refractivity contribution in [3.63, 3.8) is 0 Å². The van der Waals surface area contributed by atoms with Gasteiger partial charge in [0.1, 0.15) is 0 Å². The molecule has 0 aliphatic carbocycles. The number of rotatable bonds is 6. The fourth-order valence-electron chi connectivity index (χ4n) is 2.24. The van der Waals surface area contributed by atoms with E-state index in [-0.39, 0.29) is 0 Å². The highest BCUT2D eigenvalue weighted by Crippen LogP contribution is 2.15. The van der Waals surface area contributed by atoms with Gasteiger partial charge in [-0.05, 0) is 56.8 Å². The summed E-state index contributed by atoms with van der Waals surface area (Å²) in [6.45, 7) is 3.67. The summed E-state index contributed by atoms with van der Waals surface area (Å²) in [4.78, 5) is 0. The zero-order chi connectivity index (χ0) is 12.6. The summed E-state index contributed by atoms with van der Waals surface area (Å²) < 4.78 is 5.58. The lowest BCUT2D eigenvalue weighted by atomic mass is 9.95. The van der Waals surface area contributed by atoms with E-state index in [0.29, 0.717) is 11.8 Å². The molecule has 1 aliphatic heterocycles. The van der Waals surface area contributed by atoms with Crippen LogP contribution in [0.1, 0.15) is 31.4 Å². The number of hydrogen-bond donors (Lipinski definition) is 1. The van der Waals surface area contributed by atoms with Crippen LogP contribution in [0.5, 0.6) is 0 Å². The second-order valence-electron chi connectivity index (χ2n) is 4.75. The van der Waals surface area contributed by atoms with Crippen molar-refractivity contribution in [2.24, 2.45) is 5.92 Å². The van der Waals surface area contributed by atoms with Gasteiger partial charge in [-0.3, -0.25) is 0 Å². The average Bonchev–Trinajstić information content (AvgIpc) is 2.42. The number of hydrogen-bond acceptors (Lipinski definition) is 4. The lowest BCUT2D eigenvalue weighted by Crippen LogP contribution is -2.29. The predicted octanol–water partition coefficient (Wildman–Crippen LogP) is 2.43. The van der Waals surface area contributed by atoms with Crippen molar-refractivity contribution in [1.29, 1.82) is 0 Å². The molecular weight excluding hydrogens is 250 g/mol. The highest BCUT2D eigenvalue weighted by molar-refractivity contribution is 6.29. The summed E-state index contributed by atoms with van der Waals surface area (Å²) in [6, 6.07) is 3.58. The minimum absolute atomic E-state index is 0.420. The van der Waals surface area contributed by atoms with Crippen LogP contribution in [0.3, 0.4) is 0 Å². The number of nitrogens with zero attached hydrogens (tertiary/aromatic N) is 2. The van der Waals surface area contributed by atoms with E-state index in [1.54, 1.807) is 6.07 Å². The molecule has 100 valence electrons. The normalized spacial score (nSPS) is 19.9. The molecule has 0 radical (unpaired) electrons. The smallest absolute Gasteiger partial charge is 0.151 e. The van der Waals surface area contributed by atoms with E-state index >= 15 is 0 Å². The molecule has 1 N–H and O–H groups in total. The topological polar surface area (TPSA) is 47.0 Å². The van der Waals surface area contributed by atoms with Gasteiger partial charge < -0.3 is 10.1 Å². The van der Waals surface area contributed by atoms with Gasteiger partial charge in [0.25, 0.3) is 0 Å². The maximum atomic E-state index is 5.66. The van der Waals surface area contributed by atoms with E-state index < -0.39 is 0 Å². The molecular formula is C13H20ClN3O. The van der Waals surface area contributed by atoms with Gasteiger partial charge >= 0.3 is 0 Å². The monoisotopic (exact) mass is 269 g/mol. The highest BCUT2D eigenvalue weighted by Gasteiger charge is 2.11. The van der Waals surface area contributed by atoms with Crippen molar-refractivity contribution in [2.75, 3.05) is 19.7 Å². The van der Waals surface area contributed by atoms with Gasteiger partial charge in [0, 0.05) is 6.61 Å². The van der Waals surface area contributed by atoms with Crippen LogP contribution < -0.4 is 5.32 Å². The van der Waals surface area contributed by atoms with Crippen molar-refractivity contribution in [3.05, 3.63) is 23.0 Å². The SMILES string of the molecule is Clc1ccc(COCCC[C@@H]2CCCNC2)nn1. The first kappa shape index (κ1) is 13.7. The zero-order valence-corrected chi connectivity index (χ0v) is 11.3. The Morgan fingerprint density at radius 2 is 2.33 bits per heavy atom. The third-order valence-corrected chi connectivity index (χ3v) is 3.44. The zero-order valence-electron chi connectivity index (χ0n) is 10.6. The first-order valence-corrected chi connectivity index (χ1v) is 6.99. The van der Waals surface area contributed by atoms with Gasteiger partial charge in [0.05, 0.1) is 12.3 Å². The van der Waals surface area contributed by atoms with E-state index in [0.717, 1.165) is 24.6 Å². The Balaban J connectivity index is 1.54. The van der Waals surface area contributed by atoms with Gasteiger partial charge in [0.2, 0.25) is 0 Å². The third kappa shape index (κ3) is 4.88. The van der Waals surface area contributed by atoms with Crippen LogP contribution in [-0.4, -0.2) is 29.9 Å². The summed E-state index contributed by atoms with van der Waals surface area (Å²) in [7, 11) is 0. The van der Waals surface area contributed by atoms with Gasteiger partial charge in [-0.2, -0.15) is 5.10 Å². The Bertz CT molecular complexity index is 339. The van der Waals surface area contributed by atoms with E-state index in [1.807, 2.05) is 6.07 Å². The molecule has 4 nitrogen and oxygen atoms in total. The van der Waals surface area contributed by atoms with Crippen LogP contribution in [0.4, 0.5) is 0 Å². The van der Waals surface area contributed by atoms with Crippen LogP contribution in [0.25, 0.3) is 0 Å². The standard InChI is InChI=1S/C13H20ClN3O/c14-13-6-5-12(16-17-13)10-18-8-2-4-11-3-1-7-15-9-11/h5-6,11,15H,1-4,7-10H2/t11-/m0/s1. The molecule has 5 heteroatoms. The van der Waals surface area contributed by atoms with E-state index in [9.17, 15) is 0 Å². The first-order valence-electron chi connectivity index (χ1n) is 6.61. The Hall–Kier alpha value is -0.710. The van der Waals surface area contributed by atoms with Crippen LogP contribution in [0, 0.1) is 5.92 Å². The maximum Gasteiger partial charge on any atom is 0.151 e. The molecule has 2 heterocycles. The molecule has 0 aromatic carbocycles. The van der Waals surface area contributed by atoms with Crippen LogP contribution in [0.2, 0.25) is 5.15 Å². The van der Waals surface area contributed by atoms with Gasteiger partial charge in [0.15, 0.2) is 5.15 Å². The van der Waals surface area contributed by atoms with Crippen LogP contribution in [-0.2, 0) is 11.3 Å². The first-order chi connectivity index (χ1) is 8.84. The van der Waals surface area contributed by atoms with Crippen molar-refractivity contribution >= 4 is 11.6 Å². The molecule has 0 bridgehead atoms. The summed E-state index contributed by atoms with van der Waals surface area (Å²) in [6.07, 6.45) is 5.04. The Kier molecular flexibility index (Phi) is 5.84. The van der Waals surface area contributed by atoms with Gasteiger partial charge in [-0.25, -0.2) is 0 Å². The molecule has 0 unspecified atom stereocenters. The fraction of sp³-hybridized carbons (Fsp3) is 0.692. The van der Waals surface area contributed by atoms with Crippen LogP contribution in [0.15, 0.2) is 12.1 Å². The second kappa shape index (κ2) is 7.67. The minimum Gasteiger partial charge on any atom is -0.375 e. The average molecular weight is 270 g/mol. The minimum atomic E-state index is 0.420. The molecule has 1 fully saturated rings. The van der Waals surface area contributed by atoms with Crippen molar-refractivity contribution < 1.29 is 4.74 Å². The van der Waals surface area contributed by atoms with Crippen molar-refractivity contribution in [1.82, 2.24) is 15.5 Å². The number of piperidine rings is 1. The van der Waals surface area contributed by atoms with Gasteiger partial charge in [-0.1, -0.05) is 11.6 Å². The maximum absolute atomic E-state index is 5.66. The lowest BCUT2D eigenvalue weighted by molar-refractivity contribution is 0.109. The number of ether oxygens (including phenoxy) is 1. The molecule has 1 saturated heterocycles. The van der Waals surface area contributed by atoms with Crippen molar-refractivity contribution in [2.45, 2.75) is 32.3 Å². The fourth-order valence-corrected chi connectivity index (χ4v) is 2.34. The highest BCUT2D eigenvalue weighted by atomic mass is 35.5. The molecule has 2 rings (SSSR count). The summed E-state index contributed by atoms with van der Waals surface area (Å²) in [5, 5.41) is 11.6. The van der Waals surface area contributed by atoms with Crippen LogP contribution >= 0.6 is 11.6 Å². The quantitative estimate of drug-likeness (QED) is 0.806.